The number of benzene rings is 3. The van der Waals surface area contributed by atoms with Crippen LogP contribution in [0.25, 0.3) is 17.0 Å². The van der Waals surface area contributed by atoms with E-state index in [1.165, 1.54) is 43.1 Å². The van der Waals surface area contributed by atoms with Crippen LogP contribution in [0.1, 0.15) is 47.4 Å². The van der Waals surface area contributed by atoms with Crippen molar-refractivity contribution in [3.05, 3.63) is 123 Å². The number of thioether (sulfide) groups is 1. The third kappa shape index (κ3) is 3.20. The van der Waals surface area contributed by atoms with Crippen molar-refractivity contribution >= 4 is 40.1 Å². The number of aromatic nitrogens is 1. The largest absolute Gasteiger partial charge is 0.346 e. The van der Waals surface area contributed by atoms with Crippen molar-refractivity contribution in [3.8, 4) is 6.07 Å². The zero-order valence-electron chi connectivity index (χ0n) is 20.7. The lowest BCUT2D eigenvalue weighted by molar-refractivity contribution is 0.569. The fourth-order valence-electron chi connectivity index (χ4n) is 6.36. The van der Waals surface area contributed by atoms with Gasteiger partial charge < -0.3 is 9.88 Å². The molecule has 0 spiro atoms. The van der Waals surface area contributed by atoms with Crippen molar-refractivity contribution in [1.82, 2.24) is 4.57 Å². The summed E-state index contributed by atoms with van der Waals surface area (Å²) in [6, 6.07) is 28.3. The fourth-order valence-corrected chi connectivity index (χ4v) is 7.62. The molecule has 2 unspecified atom stereocenters. The number of hydrogen-bond acceptors (Lipinski definition) is 4. The second-order valence-corrected chi connectivity index (χ2v) is 11.3. The minimum Gasteiger partial charge on any atom is -0.346 e. The van der Waals surface area contributed by atoms with Crippen molar-refractivity contribution in [2.24, 2.45) is 4.99 Å². The van der Waals surface area contributed by atoms with Crippen LogP contribution in [0.4, 0.5) is 5.69 Å². The maximum Gasteiger partial charge on any atom is 0.201 e. The van der Waals surface area contributed by atoms with Crippen molar-refractivity contribution in [3.63, 3.8) is 0 Å². The molecule has 182 valence electrons. The smallest absolute Gasteiger partial charge is 0.201 e. The number of aliphatic imine (C=N–C) groups is 1. The van der Waals surface area contributed by atoms with E-state index < -0.39 is 0 Å². The summed E-state index contributed by atoms with van der Waals surface area (Å²) in [5.74, 6) is 0.390. The van der Waals surface area contributed by atoms with Gasteiger partial charge in [0.25, 0.3) is 0 Å². The van der Waals surface area contributed by atoms with E-state index in [2.05, 4.69) is 101 Å². The molecule has 2 aliphatic carbocycles. The van der Waals surface area contributed by atoms with Gasteiger partial charge in [0, 0.05) is 44.3 Å². The molecule has 0 radical (unpaired) electrons. The molecule has 8 rings (SSSR count). The number of fused-ring (bicyclic) bond motifs is 7. The second kappa shape index (κ2) is 8.37. The molecule has 0 saturated carbocycles. The lowest BCUT2D eigenvalue weighted by Gasteiger charge is -2.31. The zero-order chi connectivity index (χ0) is 25.2. The molecular weight excluding hydrogens is 484 g/mol. The van der Waals surface area contributed by atoms with Gasteiger partial charge in [-0.25, -0.2) is 4.99 Å². The normalized spacial score (nSPS) is 21.0. The summed E-state index contributed by atoms with van der Waals surface area (Å²) in [6.07, 6.45) is 8.76. The first kappa shape index (κ1) is 21.8. The van der Waals surface area contributed by atoms with Crippen LogP contribution in [0.2, 0.25) is 0 Å². The van der Waals surface area contributed by atoms with Crippen LogP contribution in [0.15, 0.2) is 111 Å². The topological polar surface area (TPSA) is 53.1 Å². The Kier molecular flexibility index (Phi) is 4.80. The van der Waals surface area contributed by atoms with Gasteiger partial charge in [0.15, 0.2) is 0 Å². The van der Waals surface area contributed by atoms with Gasteiger partial charge in [-0.1, -0.05) is 72.4 Å². The van der Waals surface area contributed by atoms with Gasteiger partial charge in [-0.05, 0) is 65.7 Å². The van der Waals surface area contributed by atoms with E-state index in [9.17, 15) is 5.26 Å². The van der Waals surface area contributed by atoms with Crippen LogP contribution in [-0.4, -0.2) is 10.3 Å². The van der Waals surface area contributed by atoms with Crippen LogP contribution < -0.4 is 5.32 Å². The van der Waals surface area contributed by atoms with E-state index in [-0.39, 0.29) is 6.29 Å². The Balaban J connectivity index is 1.31. The first-order valence-electron chi connectivity index (χ1n) is 13.1. The van der Waals surface area contributed by atoms with Gasteiger partial charge in [-0.15, -0.1) is 0 Å². The Morgan fingerprint density at radius 1 is 0.947 bits per heavy atom. The highest BCUT2D eigenvalue weighted by molar-refractivity contribution is 8.03. The molecule has 4 nitrogen and oxygen atoms in total. The third-order valence-electron chi connectivity index (χ3n) is 8.17. The third-order valence-corrected chi connectivity index (χ3v) is 9.39. The lowest BCUT2D eigenvalue weighted by Crippen LogP contribution is -2.27. The summed E-state index contributed by atoms with van der Waals surface area (Å²) in [5.41, 5.74) is 10.6. The number of nitrogens with zero attached hydrogens (tertiary/aromatic N) is 3. The van der Waals surface area contributed by atoms with Crippen molar-refractivity contribution in [2.45, 2.75) is 36.4 Å². The minimum atomic E-state index is -0.255. The fraction of sp³-hybridized carbons (Fsp3) is 0.152. The Hall–Kier alpha value is -4.27. The predicted octanol–water partition coefficient (Wildman–Crippen LogP) is 7.97. The second-order valence-electron chi connectivity index (χ2n) is 10.2. The van der Waals surface area contributed by atoms with Gasteiger partial charge in [0.1, 0.15) is 0 Å². The number of para-hydroxylation sites is 2. The van der Waals surface area contributed by atoms with E-state index in [4.69, 9.17) is 4.99 Å². The van der Waals surface area contributed by atoms with Crippen LogP contribution in [0.3, 0.4) is 0 Å². The molecule has 1 aromatic heterocycles. The quantitative estimate of drug-likeness (QED) is 0.299. The average Bonchev–Trinajstić information content (AvgIpc) is 3.50. The highest BCUT2D eigenvalue weighted by Gasteiger charge is 2.36. The van der Waals surface area contributed by atoms with Crippen LogP contribution in [0.5, 0.6) is 0 Å². The number of hydrogen-bond donors (Lipinski definition) is 1. The van der Waals surface area contributed by atoms with E-state index in [0.717, 1.165) is 41.8 Å². The zero-order valence-corrected chi connectivity index (χ0v) is 21.5. The summed E-state index contributed by atoms with van der Waals surface area (Å²) < 4.78 is 2.43. The van der Waals surface area contributed by atoms with Crippen LogP contribution >= 0.6 is 11.8 Å². The Labute approximate surface area is 225 Å². The summed E-state index contributed by atoms with van der Waals surface area (Å²) in [5, 5.41) is 14.4. The molecule has 2 aliphatic heterocycles. The molecule has 2 atom stereocenters. The maximum absolute atomic E-state index is 9.35. The molecule has 0 fully saturated rings. The van der Waals surface area contributed by atoms with Crippen molar-refractivity contribution in [2.75, 3.05) is 5.32 Å². The number of nitriles is 1. The van der Waals surface area contributed by atoms with Crippen LogP contribution in [0, 0.1) is 11.3 Å². The summed E-state index contributed by atoms with van der Waals surface area (Å²) in [6.45, 7) is 0. The summed E-state index contributed by atoms with van der Waals surface area (Å²) >= 11 is 1.92. The standard InChI is InChI=1S/C33H24N4S/c34-19-20-13-15-21(16-14-20)32-24-9-1-4-10-27(24)35-33(36-32)37-28-11-5-2-7-22(28)25-18-31-26(17-29(25)37)23-8-3-6-12-30(23)38-31/h1-13,15,18,26,33,35H,14,16-17H2. The Morgan fingerprint density at radius 2 is 1.79 bits per heavy atom. The highest BCUT2D eigenvalue weighted by atomic mass is 32.2. The van der Waals surface area contributed by atoms with Gasteiger partial charge in [0.2, 0.25) is 6.29 Å². The first-order valence-corrected chi connectivity index (χ1v) is 13.9. The van der Waals surface area contributed by atoms with Gasteiger partial charge >= 0.3 is 0 Å². The van der Waals surface area contributed by atoms with Gasteiger partial charge in [-0.2, -0.15) is 5.26 Å². The van der Waals surface area contributed by atoms with Gasteiger partial charge in [-0.3, -0.25) is 0 Å². The maximum atomic E-state index is 9.35. The molecule has 4 aromatic rings. The number of rotatable bonds is 2. The van der Waals surface area contributed by atoms with E-state index >= 15 is 0 Å². The molecule has 0 bridgehead atoms. The molecule has 1 N–H and O–H groups in total. The number of anilines is 1. The minimum absolute atomic E-state index is 0.255. The predicted molar refractivity (Wildman–Crippen MR) is 155 cm³/mol. The molecule has 5 heteroatoms. The van der Waals surface area contributed by atoms with E-state index in [1.807, 2.05) is 17.8 Å². The first-order chi connectivity index (χ1) is 18.8. The SMILES string of the molecule is N#CC1=CC=C(C2=NC(n3c4c(c5ccccc53)C=C3Sc5ccccc5C3C4)Nc3ccccc32)CC1. The van der Waals surface area contributed by atoms with E-state index in [1.54, 1.807) is 0 Å². The molecule has 38 heavy (non-hydrogen) atoms. The van der Waals surface area contributed by atoms with Crippen LogP contribution in [-0.2, 0) is 6.42 Å². The van der Waals surface area contributed by atoms with Crippen molar-refractivity contribution < 1.29 is 0 Å². The molecule has 4 aliphatic rings. The molecule has 3 heterocycles. The Morgan fingerprint density at radius 3 is 2.68 bits per heavy atom. The van der Waals surface area contributed by atoms with Crippen molar-refractivity contribution in [1.29, 1.82) is 5.26 Å². The highest BCUT2D eigenvalue weighted by Crippen LogP contribution is 2.54. The summed E-state index contributed by atoms with van der Waals surface area (Å²) in [7, 11) is 0. The monoisotopic (exact) mass is 508 g/mol. The molecule has 0 amide bonds. The Bertz CT molecular complexity index is 1830. The molecule has 0 saturated heterocycles. The molecule has 3 aromatic carbocycles. The summed E-state index contributed by atoms with van der Waals surface area (Å²) in [4.78, 5) is 8.21. The average molecular weight is 509 g/mol. The number of allylic oxidation sites excluding steroid dienone is 5. The van der Waals surface area contributed by atoms with Gasteiger partial charge in [0.05, 0.1) is 17.3 Å². The number of nitrogens with one attached hydrogen (secondary N) is 1. The lowest BCUT2D eigenvalue weighted by atomic mass is 9.88. The van der Waals surface area contributed by atoms with E-state index in [0.29, 0.717) is 5.92 Å². The molecular formula is C33H24N4S.